The predicted molar refractivity (Wildman–Crippen MR) is 141 cm³/mol. The molecular formula is C30H32N2O5. The van der Waals surface area contributed by atoms with E-state index in [1.54, 1.807) is 6.92 Å². The molecule has 0 aliphatic heterocycles. The molecule has 2 N–H and O–H groups in total. The zero-order valence-electron chi connectivity index (χ0n) is 20.9. The van der Waals surface area contributed by atoms with Gasteiger partial charge < -0.3 is 20.1 Å². The van der Waals surface area contributed by atoms with Crippen LogP contribution in [0.4, 0.5) is 4.79 Å². The number of benzene rings is 3. The Bertz CT molecular complexity index is 1200. The van der Waals surface area contributed by atoms with Crippen LogP contribution in [0.25, 0.3) is 11.1 Å². The molecule has 0 bridgehead atoms. The first-order valence-electron chi connectivity index (χ1n) is 12.6. The number of carbonyl (C=O) groups excluding carboxylic acids is 2. The Balaban J connectivity index is 1.23. The Morgan fingerprint density at radius 3 is 2.14 bits per heavy atom. The van der Waals surface area contributed by atoms with Crippen LogP contribution < -0.4 is 5.32 Å². The van der Waals surface area contributed by atoms with Gasteiger partial charge in [-0.3, -0.25) is 9.59 Å². The summed E-state index contributed by atoms with van der Waals surface area (Å²) in [5.74, 6) is -1.63. The maximum Gasteiger partial charge on any atom is 0.407 e. The van der Waals surface area contributed by atoms with E-state index >= 15 is 0 Å². The Morgan fingerprint density at radius 2 is 1.51 bits per heavy atom. The van der Waals surface area contributed by atoms with Crippen molar-refractivity contribution in [2.45, 2.75) is 32.2 Å². The van der Waals surface area contributed by atoms with Gasteiger partial charge in [0.25, 0.3) is 0 Å². The van der Waals surface area contributed by atoms with Crippen molar-refractivity contribution in [3.63, 3.8) is 0 Å². The second-order valence-corrected chi connectivity index (χ2v) is 9.37. The molecule has 1 atom stereocenters. The Labute approximate surface area is 217 Å². The van der Waals surface area contributed by atoms with Gasteiger partial charge in [-0.05, 0) is 40.7 Å². The van der Waals surface area contributed by atoms with E-state index in [-0.39, 0.29) is 37.4 Å². The van der Waals surface area contributed by atoms with Crippen LogP contribution in [-0.4, -0.2) is 47.7 Å². The lowest BCUT2D eigenvalue weighted by atomic mass is 9.98. The van der Waals surface area contributed by atoms with Gasteiger partial charge in [0.2, 0.25) is 5.91 Å². The number of fused-ring (bicyclic) bond motifs is 3. The highest BCUT2D eigenvalue weighted by Crippen LogP contribution is 2.44. The number of hydrogen-bond donors (Lipinski definition) is 2. The molecule has 1 unspecified atom stereocenters. The highest BCUT2D eigenvalue weighted by atomic mass is 16.5. The molecule has 192 valence electrons. The zero-order valence-corrected chi connectivity index (χ0v) is 20.9. The van der Waals surface area contributed by atoms with E-state index in [1.165, 1.54) is 16.0 Å². The first kappa shape index (κ1) is 25.9. The number of alkyl carbamates (subject to hydrolysis) is 1. The third-order valence-electron chi connectivity index (χ3n) is 6.70. The fraction of sp³-hybridized carbons (Fsp3) is 0.300. The predicted octanol–water partition coefficient (Wildman–Crippen LogP) is 5.05. The van der Waals surface area contributed by atoms with Crippen LogP contribution >= 0.6 is 0 Å². The number of ether oxygens (including phenoxy) is 1. The van der Waals surface area contributed by atoms with E-state index in [9.17, 15) is 19.5 Å². The molecule has 3 aromatic carbocycles. The van der Waals surface area contributed by atoms with Gasteiger partial charge >= 0.3 is 12.1 Å². The van der Waals surface area contributed by atoms with E-state index in [2.05, 4.69) is 29.6 Å². The molecule has 3 aromatic rings. The van der Waals surface area contributed by atoms with Crippen LogP contribution in [0.5, 0.6) is 0 Å². The number of amides is 2. The molecular weight excluding hydrogens is 468 g/mol. The number of aliphatic carboxylic acids is 1. The van der Waals surface area contributed by atoms with E-state index < -0.39 is 12.1 Å². The third kappa shape index (κ3) is 6.55. The molecule has 2 amide bonds. The number of carboxylic acids is 1. The van der Waals surface area contributed by atoms with Crippen molar-refractivity contribution >= 4 is 18.0 Å². The molecule has 7 nitrogen and oxygen atoms in total. The normalized spacial score (nSPS) is 12.8. The summed E-state index contributed by atoms with van der Waals surface area (Å²) in [6, 6.07) is 25.7. The minimum Gasteiger partial charge on any atom is -0.480 e. The molecule has 0 aromatic heterocycles. The van der Waals surface area contributed by atoms with Gasteiger partial charge in [0.15, 0.2) is 0 Å². The number of hydrogen-bond acceptors (Lipinski definition) is 4. The maximum absolute atomic E-state index is 12.9. The first-order valence-corrected chi connectivity index (χ1v) is 12.6. The molecule has 7 heteroatoms. The lowest BCUT2D eigenvalue weighted by molar-refractivity contribution is -0.146. The number of rotatable bonds is 11. The fourth-order valence-electron chi connectivity index (χ4n) is 4.86. The molecule has 4 rings (SSSR count). The standard InChI is InChI=1S/C30H32N2O5/c1-21(29(35)32(19-28(33)34)18-22-11-3-2-4-12-22)10-9-17-31-30(36)37-20-27-25-15-7-5-13-23(25)24-14-6-8-16-26(24)27/h2-8,11-16,21,27H,9-10,17-20H2,1H3,(H,31,36)(H,33,34). The van der Waals surface area contributed by atoms with Gasteiger partial charge in [-0.25, -0.2) is 4.79 Å². The Hall–Kier alpha value is -4.13. The van der Waals surface area contributed by atoms with Gasteiger partial charge in [0, 0.05) is 24.9 Å². The van der Waals surface area contributed by atoms with Gasteiger partial charge in [0.05, 0.1) is 0 Å². The number of carbonyl (C=O) groups is 3. The summed E-state index contributed by atoms with van der Waals surface area (Å²) < 4.78 is 5.55. The number of nitrogens with zero attached hydrogens (tertiary/aromatic N) is 1. The highest BCUT2D eigenvalue weighted by molar-refractivity contribution is 5.83. The van der Waals surface area contributed by atoms with Crippen LogP contribution in [0, 0.1) is 5.92 Å². The van der Waals surface area contributed by atoms with Crippen molar-refractivity contribution in [3.8, 4) is 11.1 Å². The van der Waals surface area contributed by atoms with Crippen molar-refractivity contribution < 1.29 is 24.2 Å². The van der Waals surface area contributed by atoms with Crippen molar-refractivity contribution in [3.05, 3.63) is 95.6 Å². The lowest BCUT2D eigenvalue weighted by Crippen LogP contribution is -2.38. The summed E-state index contributed by atoms with van der Waals surface area (Å²) in [4.78, 5) is 37.9. The van der Waals surface area contributed by atoms with Crippen molar-refractivity contribution in [2.24, 2.45) is 5.92 Å². The Morgan fingerprint density at radius 1 is 0.919 bits per heavy atom. The number of nitrogens with one attached hydrogen (secondary N) is 1. The first-order chi connectivity index (χ1) is 17.9. The summed E-state index contributed by atoms with van der Waals surface area (Å²) in [6.45, 7) is 2.30. The second kappa shape index (κ2) is 12.2. The quantitative estimate of drug-likeness (QED) is 0.359. The van der Waals surface area contributed by atoms with Gasteiger partial charge in [-0.2, -0.15) is 0 Å². The minimum absolute atomic E-state index is 0.000580. The van der Waals surface area contributed by atoms with Crippen LogP contribution in [0.3, 0.4) is 0 Å². The fourth-order valence-corrected chi connectivity index (χ4v) is 4.86. The molecule has 37 heavy (non-hydrogen) atoms. The largest absolute Gasteiger partial charge is 0.480 e. The van der Waals surface area contributed by atoms with Crippen LogP contribution in [0.15, 0.2) is 78.9 Å². The van der Waals surface area contributed by atoms with Gasteiger partial charge in [-0.1, -0.05) is 85.8 Å². The number of carboxylic acid groups (broad SMARTS) is 1. The summed E-state index contributed by atoms with van der Waals surface area (Å²) in [7, 11) is 0. The van der Waals surface area contributed by atoms with Crippen molar-refractivity contribution in [2.75, 3.05) is 19.7 Å². The smallest absolute Gasteiger partial charge is 0.407 e. The summed E-state index contributed by atoms with van der Waals surface area (Å²) in [5, 5.41) is 12.0. The minimum atomic E-state index is -1.05. The van der Waals surface area contributed by atoms with E-state index in [0.29, 0.717) is 19.4 Å². The van der Waals surface area contributed by atoms with Crippen molar-refractivity contribution in [1.29, 1.82) is 0 Å². The SMILES string of the molecule is CC(CCCNC(=O)OCC1c2ccccc2-c2ccccc21)C(=O)N(CC(=O)O)Cc1ccccc1. The Kier molecular flexibility index (Phi) is 8.56. The van der Waals surface area contributed by atoms with Crippen LogP contribution in [-0.2, 0) is 20.9 Å². The second-order valence-electron chi connectivity index (χ2n) is 9.37. The zero-order chi connectivity index (χ0) is 26.2. The monoisotopic (exact) mass is 500 g/mol. The van der Waals surface area contributed by atoms with E-state index in [4.69, 9.17) is 4.74 Å². The highest BCUT2D eigenvalue weighted by Gasteiger charge is 2.29. The molecule has 1 aliphatic carbocycles. The molecule has 0 spiro atoms. The van der Waals surface area contributed by atoms with E-state index in [1.807, 2.05) is 54.6 Å². The average molecular weight is 501 g/mol. The average Bonchev–Trinajstić information content (AvgIpc) is 3.23. The summed E-state index contributed by atoms with van der Waals surface area (Å²) in [5.41, 5.74) is 5.54. The van der Waals surface area contributed by atoms with Crippen LogP contribution in [0.1, 0.15) is 42.4 Å². The topological polar surface area (TPSA) is 95.9 Å². The van der Waals surface area contributed by atoms with Gasteiger partial charge in [-0.15, -0.1) is 0 Å². The molecule has 0 radical (unpaired) electrons. The maximum atomic E-state index is 12.9. The summed E-state index contributed by atoms with van der Waals surface area (Å²) in [6.07, 6.45) is 0.605. The van der Waals surface area contributed by atoms with Crippen molar-refractivity contribution in [1.82, 2.24) is 10.2 Å². The molecule has 1 aliphatic rings. The lowest BCUT2D eigenvalue weighted by Gasteiger charge is -2.24. The molecule has 0 saturated carbocycles. The van der Waals surface area contributed by atoms with E-state index in [0.717, 1.165) is 16.7 Å². The van der Waals surface area contributed by atoms with Gasteiger partial charge in [0.1, 0.15) is 13.2 Å². The summed E-state index contributed by atoms with van der Waals surface area (Å²) >= 11 is 0. The third-order valence-corrected chi connectivity index (χ3v) is 6.70. The molecule has 0 heterocycles. The molecule has 0 fully saturated rings. The molecule has 0 saturated heterocycles. The van der Waals surface area contributed by atoms with Crippen LogP contribution in [0.2, 0.25) is 0 Å².